The molecule has 122 valence electrons. The summed E-state index contributed by atoms with van der Waals surface area (Å²) in [5, 5.41) is 2.08. The Labute approximate surface area is 140 Å². The first-order valence-corrected chi connectivity index (χ1v) is 8.53. The van der Waals surface area contributed by atoms with Gasteiger partial charge in [-0.15, -0.1) is 11.3 Å². The Morgan fingerprint density at radius 2 is 1.87 bits per heavy atom. The van der Waals surface area contributed by atoms with Crippen LogP contribution in [0.25, 0.3) is 0 Å². The first-order chi connectivity index (χ1) is 11.1. The van der Waals surface area contributed by atoms with Crippen LogP contribution in [0.2, 0.25) is 0 Å². The van der Waals surface area contributed by atoms with Gasteiger partial charge in [0, 0.05) is 19.6 Å². The van der Waals surface area contributed by atoms with Crippen molar-refractivity contribution < 1.29 is 14.3 Å². The zero-order valence-corrected chi connectivity index (χ0v) is 14.5. The van der Waals surface area contributed by atoms with Crippen molar-refractivity contribution in [3.05, 3.63) is 45.1 Å². The van der Waals surface area contributed by atoms with Crippen LogP contribution in [0.1, 0.15) is 33.3 Å². The smallest absolute Gasteiger partial charge is 0.169 e. The lowest BCUT2D eigenvalue weighted by molar-refractivity contribution is 0.102. The quantitative estimate of drug-likeness (QED) is 0.786. The van der Waals surface area contributed by atoms with Crippen molar-refractivity contribution in [1.82, 2.24) is 4.90 Å². The summed E-state index contributed by atoms with van der Waals surface area (Å²) >= 11 is 1.53. The monoisotopic (exact) mass is 331 g/mol. The van der Waals surface area contributed by atoms with Gasteiger partial charge in [-0.05, 0) is 53.6 Å². The summed E-state index contributed by atoms with van der Waals surface area (Å²) in [6.45, 7) is 4.39. The molecule has 5 heteroatoms. The summed E-state index contributed by atoms with van der Waals surface area (Å²) in [6.07, 6.45) is 0.999. The van der Waals surface area contributed by atoms with Crippen molar-refractivity contribution in [3.8, 4) is 11.5 Å². The summed E-state index contributed by atoms with van der Waals surface area (Å²) in [4.78, 5) is 14.7. The Kier molecular flexibility index (Phi) is 4.68. The molecule has 0 spiro atoms. The molecular formula is C18H21NO3S. The van der Waals surface area contributed by atoms with Crippen LogP contribution in [0.4, 0.5) is 0 Å². The van der Waals surface area contributed by atoms with Crippen LogP contribution in [-0.2, 0) is 19.5 Å². The molecule has 0 bridgehead atoms. The van der Waals surface area contributed by atoms with Gasteiger partial charge in [0.1, 0.15) is 0 Å². The lowest BCUT2D eigenvalue weighted by Crippen LogP contribution is -2.30. The van der Waals surface area contributed by atoms with Crippen LogP contribution in [0.5, 0.6) is 11.5 Å². The van der Waals surface area contributed by atoms with Gasteiger partial charge in [0.25, 0.3) is 0 Å². The van der Waals surface area contributed by atoms with Crippen LogP contribution >= 0.6 is 11.3 Å². The Balaban J connectivity index is 1.75. The summed E-state index contributed by atoms with van der Waals surface area (Å²) in [6, 6.07) is 6.18. The van der Waals surface area contributed by atoms with Gasteiger partial charge < -0.3 is 9.47 Å². The van der Waals surface area contributed by atoms with Gasteiger partial charge in [0.2, 0.25) is 0 Å². The van der Waals surface area contributed by atoms with Gasteiger partial charge in [-0.2, -0.15) is 0 Å². The highest BCUT2D eigenvalue weighted by molar-refractivity contribution is 7.12. The fourth-order valence-corrected chi connectivity index (χ4v) is 3.78. The summed E-state index contributed by atoms with van der Waals surface area (Å²) < 4.78 is 10.8. The molecule has 23 heavy (non-hydrogen) atoms. The molecule has 0 saturated heterocycles. The molecular weight excluding hydrogens is 310 g/mol. The number of Topliss-reactive ketones (excluding diaryl/α,β-unsaturated/α-hetero) is 1. The number of nitrogens with zero attached hydrogens (tertiary/aromatic N) is 1. The number of hydrogen-bond acceptors (Lipinski definition) is 5. The topological polar surface area (TPSA) is 38.8 Å². The van der Waals surface area contributed by atoms with Gasteiger partial charge in [-0.25, -0.2) is 0 Å². The van der Waals surface area contributed by atoms with Crippen molar-refractivity contribution in [1.29, 1.82) is 0 Å². The second kappa shape index (κ2) is 6.72. The number of methoxy groups -OCH3 is 2. The molecule has 1 aliphatic rings. The molecule has 0 saturated carbocycles. The van der Waals surface area contributed by atoms with Crippen LogP contribution in [-0.4, -0.2) is 31.4 Å². The second-order valence-electron chi connectivity index (χ2n) is 5.81. The molecule has 0 aliphatic carbocycles. The molecule has 2 heterocycles. The third kappa shape index (κ3) is 3.41. The van der Waals surface area contributed by atoms with Crippen LogP contribution < -0.4 is 9.47 Å². The van der Waals surface area contributed by atoms with Gasteiger partial charge in [-0.1, -0.05) is 0 Å². The minimum absolute atomic E-state index is 0.141. The van der Waals surface area contributed by atoms with Gasteiger partial charge in [0.15, 0.2) is 17.3 Å². The number of carbonyl (C=O) groups excluding carboxylic acids is 1. The third-order valence-electron chi connectivity index (χ3n) is 4.20. The number of rotatable bonds is 5. The Bertz CT molecular complexity index is 723. The number of thiophene rings is 1. The Morgan fingerprint density at radius 3 is 2.48 bits per heavy atom. The number of ether oxygens (including phenoxy) is 2. The zero-order chi connectivity index (χ0) is 16.4. The maximum absolute atomic E-state index is 11.4. The van der Waals surface area contributed by atoms with E-state index in [1.807, 2.05) is 6.07 Å². The average molecular weight is 331 g/mol. The number of hydrogen-bond donors (Lipinski definition) is 0. The molecule has 1 aliphatic heterocycles. The van der Waals surface area contributed by atoms with E-state index in [0.717, 1.165) is 42.4 Å². The molecule has 0 amide bonds. The highest BCUT2D eigenvalue weighted by Gasteiger charge is 2.20. The zero-order valence-electron chi connectivity index (χ0n) is 13.7. The van der Waals surface area contributed by atoms with Crippen LogP contribution in [0, 0.1) is 0 Å². The fraction of sp³-hybridized carbons (Fsp3) is 0.389. The van der Waals surface area contributed by atoms with Gasteiger partial charge >= 0.3 is 0 Å². The van der Waals surface area contributed by atoms with Crippen molar-refractivity contribution in [2.45, 2.75) is 26.4 Å². The maximum atomic E-state index is 11.4. The van der Waals surface area contributed by atoms with Crippen molar-refractivity contribution in [3.63, 3.8) is 0 Å². The van der Waals surface area contributed by atoms with E-state index in [4.69, 9.17) is 9.47 Å². The molecule has 1 aromatic carbocycles. The highest BCUT2D eigenvalue weighted by Crippen LogP contribution is 2.33. The van der Waals surface area contributed by atoms with E-state index < -0.39 is 0 Å². The van der Waals surface area contributed by atoms with E-state index in [-0.39, 0.29) is 5.78 Å². The molecule has 1 aromatic heterocycles. The predicted octanol–water partition coefficient (Wildman–Crippen LogP) is 3.53. The van der Waals surface area contributed by atoms with Crippen molar-refractivity contribution in [2.24, 2.45) is 0 Å². The number of carbonyl (C=O) groups is 1. The molecule has 0 atom stereocenters. The highest BCUT2D eigenvalue weighted by atomic mass is 32.1. The number of ketones is 1. The Morgan fingerprint density at radius 1 is 1.17 bits per heavy atom. The summed E-state index contributed by atoms with van der Waals surface area (Å²) in [5.41, 5.74) is 3.83. The predicted molar refractivity (Wildman–Crippen MR) is 91.7 cm³/mol. The minimum atomic E-state index is 0.141. The van der Waals surface area contributed by atoms with E-state index in [1.54, 1.807) is 21.1 Å². The maximum Gasteiger partial charge on any atom is 0.169 e. The summed E-state index contributed by atoms with van der Waals surface area (Å²) in [5.74, 6) is 1.72. The lowest BCUT2D eigenvalue weighted by Gasteiger charge is -2.29. The van der Waals surface area contributed by atoms with Crippen LogP contribution in [0.15, 0.2) is 23.6 Å². The Hall–Kier alpha value is -1.85. The molecule has 0 fully saturated rings. The minimum Gasteiger partial charge on any atom is -0.493 e. The van der Waals surface area contributed by atoms with E-state index in [0.29, 0.717) is 0 Å². The largest absolute Gasteiger partial charge is 0.493 e. The normalized spacial score (nSPS) is 14.4. The molecule has 2 aromatic rings. The van der Waals surface area contributed by atoms with E-state index in [1.165, 1.54) is 28.0 Å². The van der Waals surface area contributed by atoms with Gasteiger partial charge in [0.05, 0.1) is 19.1 Å². The molecule has 0 unspecified atom stereocenters. The molecule has 3 rings (SSSR count). The van der Waals surface area contributed by atoms with Gasteiger partial charge in [-0.3, -0.25) is 9.69 Å². The standard InChI is InChI=1S/C18H21NO3S/c1-12(20)18-6-13(11-23-18)9-19-5-4-14-7-16(21-2)17(22-3)8-15(14)10-19/h6-8,11H,4-5,9-10H2,1-3H3. The first kappa shape index (κ1) is 16.0. The molecule has 0 radical (unpaired) electrons. The van der Waals surface area contributed by atoms with E-state index in [2.05, 4.69) is 22.4 Å². The SMILES string of the molecule is COc1cc2c(cc1OC)CN(Cc1csc(C(C)=O)c1)CC2. The van der Waals surface area contributed by atoms with E-state index >= 15 is 0 Å². The first-order valence-electron chi connectivity index (χ1n) is 7.65. The number of fused-ring (bicyclic) bond motifs is 1. The lowest BCUT2D eigenvalue weighted by atomic mass is 9.98. The fourth-order valence-electron chi connectivity index (χ4n) is 2.98. The summed E-state index contributed by atoms with van der Waals surface area (Å²) in [7, 11) is 3.34. The molecule has 4 nitrogen and oxygen atoms in total. The van der Waals surface area contributed by atoms with E-state index in [9.17, 15) is 4.79 Å². The second-order valence-corrected chi connectivity index (χ2v) is 6.72. The molecule has 0 N–H and O–H groups in total. The number of benzene rings is 1. The van der Waals surface area contributed by atoms with Crippen molar-refractivity contribution in [2.75, 3.05) is 20.8 Å². The van der Waals surface area contributed by atoms with Crippen molar-refractivity contribution >= 4 is 17.1 Å². The third-order valence-corrected chi connectivity index (χ3v) is 5.28. The van der Waals surface area contributed by atoms with Crippen LogP contribution in [0.3, 0.4) is 0 Å². The average Bonchev–Trinajstić information content (AvgIpc) is 3.02.